The van der Waals surface area contributed by atoms with Crippen LogP contribution in [-0.4, -0.2) is 45.0 Å². The molecule has 1 saturated heterocycles. The molecule has 1 atom stereocenters. The Morgan fingerprint density at radius 2 is 1.70 bits per heavy atom. The fourth-order valence-electron chi connectivity index (χ4n) is 2.15. The molecular formula is C11H13F3N2O4S3. The third-order valence-electron chi connectivity index (χ3n) is 3.27. The molecule has 0 spiro atoms. The zero-order chi connectivity index (χ0) is 17.5. The summed E-state index contributed by atoms with van der Waals surface area (Å²) in [5.41, 5.74) is -4.46. The van der Waals surface area contributed by atoms with Crippen molar-refractivity contribution in [3.05, 3.63) is 24.3 Å². The third-order valence-corrected chi connectivity index (χ3v) is 7.20. The molecule has 1 unspecified atom stereocenters. The first-order valence-electron chi connectivity index (χ1n) is 6.27. The molecule has 0 saturated carbocycles. The summed E-state index contributed by atoms with van der Waals surface area (Å²) in [5, 5.41) is 4.03. The van der Waals surface area contributed by atoms with Gasteiger partial charge in [-0.25, -0.2) is 22.0 Å². The zero-order valence-electron chi connectivity index (χ0n) is 11.5. The van der Waals surface area contributed by atoms with Gasteiger partial charge in [-0.3, -0.25) is 0 Å². The van der Waals surface area contributed by atoms with Crippen LogP contribution < -0.4 is 5.14 Å². The number of hydrogen-bond acceptors (Lipinski definition) is 5. The number of benzene rings is 1. The topological polar surface area (TPSA) is 97.5 Å². The van der Waals surface area contributed by atoms with Crippen molar-refractivity contribution in [2.45, 2.75) is 27.0 Å². The molecule has 1 aliphatic heterocycles. The molecule has 1 fully saturated rings. The molecule has 0 radical (unpaired) electrons. The van der Waals surface area contributed by atoms with E-state index in [0.29, 0.717) is 0 Å². The Bertz CT molecular complexity index is 776. The summed E-state index contributed by atoms with van der Waals surface area (Å²) in [6.45, 7) is -0.275. The van der Waals surface area contributed by atoms with Gasteiger partial charge in [-0.1, -0.05) is 0 Å². The molecule has 0 bridgehead atoms. The minimum Gasteiger partial charge on any atom is -0.228 e. The highest BCUT2D eigenvalue weighted by Crippen LogP contribution is 2.37. The number of sulfonamides is 2. The van der Waals surface area contributed by atoms with Gasteiger partial charge in [0.05, 0.1) is 10.1 Å². The molecule has 1 heterocycles. The smallest absolute Gasteiger partial charge is 0.228 e. The van der Waals surface area contributed by atoms with Crippen molar-refractivity contribution in [2.75, 3.05) is 13.1 Å². The van der Waals surface area contributed by atoms with E-state index in [0.717, 1.165) is 28.6 Å². The predicted molar refractivity (Wildman–Crippen MR) is 78.6 cm³/mol. The average Bonchev–Trinajstić information content (AvgIpc) is 2.87. The normalized spacial score (nSPS) is 20.8. The summed E-state index contributed by atoms with van der Waals surface area (Å²) in [6, 6.07) is 4.23. The van der Waals surface area contributed by atoms with Crippen LogP contribution >= 0.6 is 11.8 Å². The molecule has 12 heteroatoms. The van der Waals surface area contributed by atoms with Crippen LogP contribution in [0.2, 0.25) is 0 Å². The Balaban J connectivity index is 2.18. The van der Waals surface area contributed by atoms with Gasteiger partial charge in [0.15, 0.2) is 0 Å². The average molecular weight is 390 g/mol. The van der Waals surface area contributed by atoms with Crippen LogP contribution in [0.15, 0.2) is 34.1 Å². The lowest BCUT2D eigenvalue weighted by atomic mass is 10.4. The number of halogens is 3. The second kappa shape index (κ2) is 6.24. The maximum Gasteiger partial charge on any atom is 0.446 e. The standard InChI is InChI=1S/C11H13F3N2O4S3/c12-11(13,14)21-8-1-3-9(4-2-8)23(19,20)16-6-5-10(7-16)22(15,17)18/h1-4,10H,5-7H2,(H2,15,17,18). The molecule has 0 amide bonds. The predicted octanol–water partition coefficient (Wildman–Crippen LogP) is 1.35. The Kier molecular flexibility index (Phi) is 5.02. The van der Waals surface area contributed by atoms with E-state index in [4.69, 9.17) is 5.14 Å². The van der Waals surface area contributed by atoms with Gasteiger partial charge in [-0.05, 0) is 42.4 Å². The maximum atomic E-state index is 12.4. The quantitative estimate of drug-likeness (QED) is 0.783. The molecule has 0 aromatic heterocycles. The summed E-state index contributed by atoms with van der Waals surface area (Å²) in [4.78, 5) is -0.334. The van der Waals surface area contributed by atoms with Crippen LogP contribution in [0.3, 0.4) is 0 Å². The molecule has 2 N–H and O–H groups in total. The number of nitrogens with zero attached hydrogens (tertiary/aromatic N) is 1. The number of primary sulfonamides is 1. The number of thioether (sulfide) groups is 1. The lowest BCUT2D eigenvalue weighted by Gasteiger charge is -2.16. The van der Waals surface area contributed by atoms with E-state index < -0.39 is 30.8 Å². The van der Waals surface area contributed by atoms with Crippen LogP contribution in [0, 0.1) is 0 Å². The summed E-state index contributed by atoms with van der Waals surface area (Å²) < 4.78 is 85.0. The van der Waals surface area contributed by atoms with Gasteiger partial charge >= 0.3 is 5.51 Å². The van der Waals surface area contributed by atoms with Gasteiger partial charge in [-0.2, -0.15) is 17.5 Å². The number of hydrogen-bond donors (Lipinski definition) is 1. The highest BCUT2D eigenvalue weighted by molar-refractivity contribution is 8.00. The number of rotatable bonds is 4. The van der Waals surface area contributed by atoms with E-state index in [1.807, 2.05) is 0 Å². The van der Waals surface area contributed by atoms with Crippen LogP contribution in [0.5, 0.6) is 0 Å². The first-order chi connectivity index (χ1) is 10.4. The first-order valence-corrected chi connectivity index (χ1v) is 10.1. The lowest BCUT2D eigenvalue weighted by Crippen LogP contribution is -2.34. The minimum atomic E-state index is -4.46. The minimum absolute atomic E-state index is 0.0114. The van der Waals surface area contributed by atoms with Gasteiger partial charge in [0.1, 0.15) is 0 Å². The molecule has 0 aliphatic carbocycles. The molecule has 1 aromatic carbocycles. The Hall–Kier alpha value is -0.820. The molecule has 2 rings (SSSR count). The molecule has 6 nitrogen and oxygen atoms in total. The van der Waals surface area contributed by atoms with Gasteiger partial charge in [0.2, 0.25) is 20.0 Å². The van der Waals surface area contributed by atoms with Crippen LogP contribution in [0.4, 0.5) is 13.2 Å². The summed E-state index contributed by atoms with van der Waals surface area (Å²) >= 11 is -0.348. The monoisotopic (exact) mass is 390 g/mol. The van der Waals surface area contributed by atoms with E-state index >= 15 is 0 Å². The van der Waals surface area contributed by atoms with Crippen molar-refractivity contribution in [3.63, 3.8) is 0 Å². The Labute approximate surface area is 135 Å². The third kappa shape index (κ3) is 4.59. The first kappa shape index (κ1) is 18.5. The van der Waals surface area contributed by atoms with Crippen LogP contribution in [0.25, 0.3) is 0 Å². The fourth-order valence-corrected chi connectivity index (χ4v) is 5.10. The van der Waals surface area contributed by atoms with Gasteiger partial charge in [0, 0.05) is 18.0 Å². The van der Waals surface area contributed by atoms with Crippen molar-refractivity contribution in [1.82, 2.24) is 4.31 Å². The molecular weight excluding hydrogens is 377 g/mol. The van der Waals surface area contributed by atoms with Crippen LogP contribution in [0.1, 0.15) is 6.42 Å². The van der Waals surface area contributed by atoms with Crippen molar-refractivity contribution >= 4 is 31.8 Å². The largest absolute Gasteiger partial charge is 0.446 e. The lowest BCUT2D eigenvalue weighted by molar-refractivity contribution is -0.0328. The summed E-state index contributed by atoms with van der Waals surface area (Å²) in [6.07, 6.45) is 0.0834. The van der Waals surface area contributed by atoms with E-state index in [9.17, 15) is 30.0 Å². The van der Waals surface area contributed by atoms with Crippen molar-refractivity contribution < 1.29 is 30.0 Å². The highest BCUT2D eigenvalue weighted by atomic mass is 32.2. The van der Waals surface area contributed by atoms with Crippen molar-refractivity contribution in [3.8, 4) is 0 Å². The van der Waals surface area contributed by atoms with E-state index in [1.54, 1.807) is 0 Å². The van der Waals surface area contributed by atoms with Crippen molar-refractivity contribution in [2.24, 2.45) is 5.14 Å². The molecule has 23 heavy (non-hydrogen) atoms. The van der Waals surface area contributed by atoms with Gasteiger partial charge in [-0.15, -0.1) is 0 Å². The molecule has 1 aliphatic rings. The molecule has 130 valence electrons. The van der Waals surface area contributed by atoms with E-state index in [-0.39, 0.29) is 41.1 Å². The zero-order valence-corrected chi connectivity index (χ0v) is 14.0. The highest BCUT2D eigenvalue weighted by Gasteiger charge is 2.37. The van der Waals surface area contributed by atoms with E-state index in [1.165, 1.54) is 0 Å². The van der Waals surface area contributed by atoms with Crippen LogP contribution in [-0.2, 0) is 20.0 Å². The SMILES string of the molecule is NS(=O)(=O)C1CCN(S(=O)(=O)c2ccc(SC(F)(F)F)cc2)C1. The summed E-state index contributed by atoms with van der Waals surface area (Å²) in [5.74, 6) is 0. The second-order valence-electron chi connectivity index (χ2n) is 4.88. The second-order valence-corrected chi connectivity index (χ2v) is 9.80. The van der Waals surface area contributed by atoms with Gasteiger partial charge in [0.25, 0.3) is 0 Å². The number of nitrogens with two attached hydrogens (primary N) is 1. The number of alkyl halides is 3. The fraction of sp³-hybridized carbons (Fsp3) is 0.455. The van der Waals surface area contributed by atoms with Crippen molar-refractivity contribution in [1.29, 1.82) is 0 Å². The summed E-state index contributed by atoms with van der Waals surface area (Å²) in [7, 11) is -7.81. The maximum absolute atomic E-state index is 12.4. The molecule has 1 aromatic rings. The Morgan fingerprint density at radius 3 is 2.13 bits per heavy atom. The Morgan fingerprint density at radius 1 is 1.13 bits per heavy atom. The van der Waals surface area contributed by atoms with Gasteiger partial charge < -0.3 is 0 Å². The van der Waals surface area contributed by atoms with E-state index in [2.05, 4.69) is 0 Å².